The van der Waals surface area contributed by atoms with Gasteiger partial charge in [0.05, 0.1) is 11.7 Å². The maximum Gasteiger partial charge on any atom is 0.251 e. The van der Waals surface area contributed by atoms with Crippen LogP contribution in [0.5, 0.6) is 0 Å². The van der Waals surface area contributed by atoms with Crippen LogP contribution < -0.4 is 10.9 Å². The first kappa shape index (κ1) is 19.5. The van der Waals surface area contributed by atoms with Gasteiger partial charge in [0, 0.05) is 30.4 Å². The Hall–Kier alpha value is -3.28. The Bertz CT molecular complexity index is 969. The van der Waals surface area contributed by atoms with Crippen molar-refractivity contribution in [2.24, 2.45) is 5.92 Å². The van der Waals surface area contributed by atoms with E-state index in [0.29, 0.717) is 24.4 Å². The predicted octanol–water partition coefficient (Wildman–Crippen LogP) is 3.28. The minimum atomic E-state index is -0.346. The highest BCUT2D eigenvalue weighted by atomic mass is 16.1. The Morgan fingerprint density at radius 2 is 1.93 bits per heavy atom. The Morgan fingerprint density at radius 1 is 1.14 bits per heavy atom. The molecule has 0 unspecified atom stereocenters. The molecule has 2 N–H and O–H groups in total. The van der Waals surface area contributed by atoms with Gasteiger partial charge >= 0.3 is 0 Å². The molecule has 0 saturated heterocycles. The Morgan fingerprint density at radius 3 is 2.61 bits per heavy atom. The molecule has 0 aliphatic carbocycles. The highest BCUT2D eigenvalue weighted by molar-refractivity contribution is 5.76. The van der Waals surface area contributed by atoms with E-state index in [9.17, 15) is 9.59 Å². The molecule has 1 aromatic carbocycles. The van der Waals surface area contributed by atoms with Crippen LogP contribution in [-0.4, -0.2) is 20.9 Å². The average molecular weight is 376 g/mol. The minimum Gasteiger partial charge on any atom is -0.347 e. The van der Waals surface area contributed by atoms with Crippen molar-refractivity contribution in [2.75, 3.05) is 0 Å². The van der Waals surface area contributed by atoms with Crippen molar-refractivity contribution in [3.8, 4) is 11.4 Å². The third-order valence-corrected chi connectivity index (χ3v) is 4.48. The molecular weight excluding hydrogens is 352 g/mol. The van der Waals surface area contributed by atoms with Crippen LogP contribution in [0.1, 0.15) is 37.6 Å². The summed E-state index contributed by atoms with van der Waals surface area (Å²) in [6.07, 6.45) is 4.35. The summed E-state index contributed by atoms with van der Waals surface area (Å²) in [4.78, 5) is 36.1. The van der Waals surface area contributed by atoms with E-state index in [2.05, 4.69) is 20.3 Å². The molecule has 3 rings (SSSR count). The number of carbonyl (C=O) groups is 1. The zero-order chi connectivity index (χ0) is 19.9. The molecule has 1 amide bonds. The van der Waals surface area contributed by atoms with E-state index in [0.717, 1.165) is 11.1 Å². The van der Waals surface area contributed by atoms with Gasteiger partial charge in [0.2, 0.25) is 5.91 Å². The fourth-order valence-electron chi connectivity index (χ4n) is 3.01. The third-order valence-electron chi connectivity index (χ3n) is 4.48. The number of carbonyl (C=O) groups excluding carboxylic acids is 1. The molecule has 0 bridgehead atoms. The van der Waals surface area contributed by atoms with Crippen LogP contribution in [0.15, 0.2) is 65.7 Å². The number of H-pyrrole nitrogens is 1. The third kappa shape index (κ3) is 5.13. The molecule has 0 fully saturated rings. The van der Waals surface area contributed by atoms with Crippen molar-refractivity contribution >= 4 is 5.91 Å². The van der Waals surface area contributed by atoms with Crippen molar-refractivity contribution in [3.63, 3.8) is 0 Å². The van der Waals surface area contributed by atoms with Crippen LogP contribution in [0.2, 0.25) is 0 Å². The molecule has 144 valence electrons. The lowest BCUT2D eigenvalue weighted by molar-refractivity contribution is -0.122. The van der Waals surface area contributed by atoms with E-state index < -0.39 is 0 Å². The molecule has 0 aliphatic heterocycles. The first-order valence-corrected chi connectivity index (χ1v) is 9.38. The van der Waals surface area contributed by atoms with E-state index in [-0.39, 0.29) is 23.4 Å². The van der Waals surface area contributed by atoms with Crippen LogP contribution in [0, 0.1) is 5.92 Å². The fraction of sp³-hybridized carbons (Fsp3) is 0.273. The summed E-state index contributed by atoms with van der Waals surface area (Å²) in [5.41, 5.74) is 2.13. The van der Waals surface area contributed by atoms with Crippen molar-refractivity contribution in [3.05, 3.63) is 82.5 Å². The van der Waals surface area contributed by atoms with Gasteiger partial charge in [-0.1, -0.05) is 44.2 Å². The van der Waals surface area contributed by atoms with Gasteiger partial charge in [0.15, 0.2) is 0 Å². The number of aryl methyl sites for hydroxylation is 1. The van der Waals surface area contributed by atoms with Gasteiger partial charge in [-0.3, -0.25) is 14.6 Å². The van der Waals surface area contributed by atoms with Gasteiger partial charge in [-0.05, 0) is 30.0 Å². The van der Waals surface area contributed by atoms with Crippen molar-refractivity contribution in [1.82, 2.24) is 20.3 Å². The van der Waals surface area contributed by atoms with Gasteiger partial charge in [0.1, 0.15) is 5.82 Å². The predicted molar refractivity (Wildman–Crippen MR) is 109 cm³/mol. The first-order valence-electron chi connectivity index (χ1n) is 9.38. The molecule has 0 saturated carbocycles. The largest absolute Gasteiger partial charge is 0.347 e. The van der Waals surface area contributed by atoms with Gasteiger partial charge in [-0.25, -0.2) is 4.98 Å². The van der Waals surface area contributed by atoms with Gasteiger partial charge < -0.3 is 10.3 Å². The lowest BCUT2D eigenvalue weighted by Crippen LogP contribution is -2.33. The molecule has 0 spiro atoms. The van der Waals surface area contributed by atoms with Crippen molar-refractivity contribution < 1.29 is 4.79 Å². The SMILES string of the molecule is CC(C)[C@H](NC(=O)CCc1ccccc1)c1cc(=O)[nH]c(-c2cccnc2)n1. The van der Waals surface area contributed by atoms with Crippen LogP contribution in [0.3, 0.4) is 0 Å². The molecule has 2 aromatic heterocycles. The molecule has 2 heterocycles. The van der Waals surface area contributed by atoms with Crippen molar-refractivity contribution in [1.29, 1.82) is 0 Å². The van der Waals surface area contributed by atoms with Crippen LogP contribution in [-0.2, 0) is 11.2 Å². The zero-order valence-corrected chi connectivity index (χ0v) is 16.1. The number of benzene rings is 1. The summed E-state index contributed by atoms with van der Waals surface area (Å²) in [5, 5.41) is 3.04. The monoisotopic (exact) mass is 376 g/mol. The average Bonchev–Trinajstić information content (AvgIpc) is 2.71. The first-order chi connectivity index (χ1) is 13.5. The zero-order valence-electron chi connectivity index (χ0n) is 16.1. The number of amides is 1. The number of nitrogens with one attached hydrogen (secondary N) is 2. The summed E-state index contributed by atoms with van der Waals surface area (Å²) >= 11 is 0. The smallest absolute Gasteiger partial charge is 0.251 e. The van der Waals surface area contributed by atoms with E-state index >= 15 is 0 Å². The van der Waals surface area contributed by atoms with E-state index in [1.54, 1.807) is 18.5 Å². The molecule has 0 radical (unpaired) electrons. The van der Waals surface area contributed by atoms with E-state index in [4.69, 9.17) is 0 Å². The topological polar surface area (TPSA) is 87.7 Å². The molecular formula is C22H24N4O2. The lowest BCUT2D eigenvalue weighted by Gasteiger charge is -2.22. The number of hydrogen-bond donors (Lipinski definition) is 2. The number of nitrogens with zero attached hydrogens (tertiary/aromatic N) is 2. The Balaban J connectivity index is 1.77. The van der Waals surface area contributed by atoms with E-state index in [1.807, 2.05) is 50.2 Å². The molecule has 6 heteroatoms. The van der Waals surface area contributed by atoms with Crippen molar-refractivity contribution in [2.45, 2.75) is 32.7 Å². The molecule has 1 atom stereocenters. The minimum absolute atomic E-state index is 0.0624. The van der Waals surface area contributed by atoms with Crippen LogP contribution in [0.4, 0.5) is 0 Å². The second-order valence-corrected chi connectivity index (χ2v) is 7.04. The molecule has 0 aliphatic rings. The highest BCUT2D eigenvalue weighted by Crippen LogP contribution is 2.21. The summed E-state index contributed by atoms with van der Waals surface area (Å²) in [7, 11) is 0. The normalized spacial score (nSPS) is 12.0. The quantitative estimate of drug-likeness (QED) is 0.662. The second kappa shape index (κ2) is 9.08. The van der Waals surface area contributed by atoms with Crippen LogP contribution >= 0.6 is 0 Å². The number of aromatic amines is 1. The Kier molecular flexibility index (Phi) is 6.32. The van der Waals surface area contributed by atoms with Gasteiger partial charge in [0.25, 0.3) is 5.56 Å². The number of rotatable bonds is 7. The number of pyridine rings is 1. The summed E-state index contributed by atoms with van der Waals surface area (Å²) < 4.78 is 0. The summed E-state index contributed by atoms with van der Waals surface area (Å²) in [6.45, 7) is 3.99. The fourth-order valence-corrected chi connectivity index (χ4v) is 3.01. The number of hydrogen-bond acceptors (Lipinski definition) is 4. The Labute approximate surface area is 164 Å². The summed E-state index contributed by atoms with van der Waals surface area (Å²) in [5.74, 6) is 0.462. The van der Waals surface area contributed by atoms with Crippen LogP contribution in [0.25, 0.3) is 11.4 Å². The van der Waals surface area contributed by atoms with E-state index in [1.165, 1.54) is 6.07 Å². The lowest BCUT2D eigenvalue weighted by atomic mass is 9.99. The highest BCUT2D eigenvalue weighted by Gasteiger charge is 2.21. The molecule has 6 nitrogen and oxygen atoms in total. The molecule has 3 aromatic rings. The van der Waals surface area contributed by atoms with Gasteiger partial charge in [-0.15, -0.1) is 0 Å². The van der Waals surface area contributed by atoms with Gasteiger partial charge in [-0.2, -0.15) is 0 Å². The molecule has 28 heavy (non-hydrogen) atoms. The summed E-state index contributed by atoms with van der Waals surface area (Å²) in [6, 6.07) is 14.6. The standard InChI is InChI=1S/C22H24N4O2/c1-15(2)21(25-19(27)11-10-16-7-4-3-5-8-16)18-13-20(28)26-22(24-18)17-9-6-12-23-14-17/h3-9,12-15,21H,10-11H2,1-2H3,(H,25,27)(H,24,26,28)/t21-/m0/s1. The maximum atomic E-state index is 12.5. The maximum absolute atomic E-state index is 12.5. The number of aromatic nitrogens is 3. The second-order valence-electron chi connectivity index (χ2n) is 7.04.